The van der Waals surface area contributed by atoms with Crippen molar-refractivity contribution in [3.8, 4) is 0 Å². The van der Waals surface area contributed by atoms with Crippen molar-refractivity contribution in [3.63, 3.8) is 0 Å². The van der Waals surface area contributed by atoms with Crippen LogP contribution in [-0.2, 0) is 4.74 Å². The second-order valence-electron chi connectivity index (χ2n) is 4.93. The molecule has 108 valence electrons. The fourth-order valence-corrected chi connectivity index (χ4v) is 2.21. The number of nitrogens with one attached hydrogen (secondary N) is 1. The van der Waals surface area contributed by atoms with Crippen molar-refractivity contribution in [2.45, 2.75) is 45.7 Å². The third-order valence-corrected chi connectivity index (χ3v) is 3.45. The summed E-state index contributed by atoms with van der Waals surface area (Å²) in [7, 11) is 0. The number of rotatable bonds is 6. The predicted octanol–water partition coefficient (Wildman–Crippen LogP) is 1.75. The summed E-state index contributed by atoms with van der Waals surface area (Å²) < 4.78 is 11.3. The number of hydrogen-bond donors (Lipinski definition) is 1. The molecule has 1 fully saturated rings. The molecule has 0 spiro atoms. The average Bonchev–Trinajstić information content (AvgIpc) is 2.94. The Balaban J connectivity index is 2.02. The molecule has 2 atom stereocenters. The Bertz CT molecular complexity index is 382. The summed E-state index contributed by atoms with van der Waals surface area (Å²) in [6.07, 6.45) is 2.11. The SMILES string of the molecule is CCCNC(C)c1nnc(N2CCOCC2CC)o1. The average molecular weight is 268 g/mol. The number of nitrogens with zero attached hydrogens (tertiary/aromatic N) is 3. The van der Waals surface area contributed by atoms with Gasteiger partial charge in [-0.05, 0) is 26.3 Å². The molecular weight excluding hydrogens is 244 g/mol. The van der Waals surface area contributed by atoms with Crippen LogP contribution in [0.1, 0.15) is 45.5 Å². The molecule has 0 saturated carbocycles. The van der Waals surface area contributed by atoms with E-state index in [0.29, 0.717) is 17.9 Å². The van der Waals surface area contributed by atoms with Gasteiger partial charge in [-0.25, -0.2) is 0 Å². The maximum atomic E-state index is 5.80. The highest BCUT2D eigenvalue weighted by Gasteiger charge is 2.26. The maximum Gasteiger partial charge on any atom is 0.318 e. The van der Waals surface area contributed by atoms with Gasteiger partial charge >= 0.3 is 6.01 Å². The van der Waals surface area contributed by atoms with Gasteiger partial charge in [-0.1, -0.05) is 18.9 Å². The summed E-state index contributed by atoms with van der Waals surface area (Å²) in [5.74, 6) is 0.657. The lowest BCUT2D eigenvalue weighted by Gasteiger charge is -2.33. The first-order chi connectivity index (χ1) is 9.26. The van der Waals surface area contributed by atoms with E-state index < -0.39 is 0 Å². The van der Waals surface area contributed by atoms with Crippen molar-refractivity contribution < 1.29 is 9.15 Å². The molecule has 2 rings (SSSR count). The Morgan fingerprint density at radius 1 is 1.42 bits per heavy atom. The zero-order valence-corrected chi connectivity index (χ0v) is 12.1. The van der Waals surface area contributed by atoms with Crippen molar-refractivity contribution in [1.82, 2.24) is 15.5 Å². The minimum Gasteiger partial charge on any atom is -0.406 e. The molecule has 19 heavy (non-hydrogen) atoms. The Morgan fingerprint density at radius 2 is 2.26 bits per heavy atom. The Morgan fingerprint density at radius 3 is 3.00 bits per heavy atom. The van der Waals surface area contributed by atoms with Crippen LogP contribution in [0.5, 0.6) is 0 Å². The molecule has 0 aromatic carbocycles. The molecule has 1 saturated heterocycles. The van der Waals surface area contributed by atoms with E-state index >= 15 is 0 Å². The van der Waals surface area contributed by atoms with Crippen molar-refractivity contribution in [1.29, 1.82) is 0 Å². The largest absolute Gasteiger partial charge is 0.406 e. The first-order valence-electron chi connectivity index (χ1n) is 7.17. The van der Waals surface area contributed by atoms with Gasteiger partial charge in [-0.15, -0.1) is 5.10 Å². The molecule has 0 aliphatic carbocycles. The molecule has 6 nitrogen and oxygen atoms in total. The zero-order valence-electron chi connectivity index (χ0n) is 12.1. The zero-order chi connectivity index (χ0) is 13.7. The summed E-state index contributed by atoms with van der Waals surface area (Å²) >= 11 is 0. The lowest BCUT2D eigenvalue weighted by molar-refractivity contribution is 0.0899. The van der Waals surface area contributed by atoms with E-state index in [-0.39, 0.29) is 6.04 Å². The molecule has 0 bridgehead atoms. The third kappa shape index (κ3) is 3.45. The highest BCUT2D eigenvalue weighted by molar-refractivity contribution is 5.27. The van der Waals surface area contributed by atoms with Crippen molar-refractivity contribution in [2.24, 2.45) is 0 Å². The smallest absolute Gasteiger partial charge is 0.318 e. The van der Waals surface area contributed by atoms with E-state index in [9.17, 15) is 0 Å². The van der Waals surface area contributed by atoms with Gasteiger partial charge in [0.15, 0.2) is 0 Å². The number of aromatic nitrogens is 2. The van der Waals surface area contributed by atoms with Gasteiger partial charge in [-0.3, -0.25) is 0 Å². The summed E-state index contributed by atoms with van der Waals surface area (Å²) in [6.45, 7) is 9.55. The monoisotopic (exact) mass is 268 g/mol. The molecular formula is C13H24N4O2. The van der Waals surface area contributed by atoms with E-state index in [0.717, 1.165) is 39.1 Å². The highest BCUT2D eigenvalue weighted by atomic mass is 16.5. The van der Waals surface area contributed by atoms with Crippen molar-refractivity contribution in [2.75, 3.05) is 31.2 Å². The first kappa shape index (κ1) is 14.3. The van der Waals surface area contributed by atoms with Crippen molar-refractivity contribution in [3.05, 3.63) is 5.89 Å². The van der Waals surface area contributed by atoms with Crippen LogP contribution in [0.2, 0.25) is 0 Å². The van der Waals surface area contributed by atoms with E-state index in [4.69, 9.17) is 9.15 Å². The molecule has 2 unspecified atom stereocenters. The van der Waals surface area contributed by atoms with Crippen molar-refractivity contribution >= 4 is 6.01 Å². The van der Waals surface area contributed by atoms with E-state index in [2.05, 4.69) is 34.3 Å². The normalized spacial score (nSPS) is 21.6. The van der Waals surface area contributed by atoms with Gasteiger partial charge in [-0.2, -0.15) is 0 Å². The number of morpholine rings is 1. The second-order valence-corrected chi connectivity index (χ2v) is 4.93. The van der Waals surface area contributed by atoms with E-state index in [1.807, 2.05) is 6.92 Å². The Kier molecular flexibility index (Phi) is 5.15. The number of ether oxygens (including phenoxy) is 1. The van der Waals surface area contributed by atoms with Gasteiger partial charge in [0.2, 0.25) is 5.89 Å². The van der Waals surface area contributed by atoms with Crippen LogP contribution >= 0.6 is 0 Å². The molecule has 2 heterocycles. The standard InChI is InChI=1S/C13H24N4O2/c1-4-6-14-10(3)12-15-16-13(19-12)17-7-8-18-9-11(17)5-2/h10-11,14H,4-9H2,1-3H3. The van der Waals surface area contributed by atoms with Crippen LogP contribution in [0.4, 0.5) is 6.01 Å². The first-order valence-corrected chi connectivity index (χ1v) is 7.17. The van der Waals surface area contributed by atoms with Crippen LogP contribution in [-0.4, -0.2) is 42.5 Å². The van der Waals surface area contributed by atoms with Gasteiger partial charge in [0.25, 0.3) is 0 Å². The summed E-state index contributed by atoms with van der Waals surface area (Å²) in [6, 6.07) is 1.05. The maximum absolute atomic E-state index is 5.80. The van der Waals surface area contributed by atoms with Crippen LogP contribution in [0.3, 0.4) is 0 Å². The van der Waals surface area contributed by atoms with Crippen LogP contribution < -0.4 is 10.2 Å². The molecule has 0 amide bonds. The molecule has 1 aromatic heterocycles. The fraction of sp³-hybridized carbons (Fsp3) is 0.846. The van der Waals surface area contributed by atoms with Gasteiger partial charge in [0.1, 0.15) is 0 Å². The van der Waals surface area contributed by atoms with E-state index in [1.54, 1.807) is 0 Å². The molecule has 1 aliphatic heterocycles. The fourth-order valence-electron chi connectivity index (χ4n) is 2.21. The van der Waals surface area contributed by atoms with E-state index in [1.165, 1.54) is 0 Å². The molecule has 1 aliphatic rings. The molecule has 6 heteroatoms. The lowest BCUT2D eigenvalue weighted by atomic mass is 10.2. The van der Waals surface area contributed by atoms with Gasteiger partial charge in [0, 0.05) is 6.54 Å². The predicted molar refractivity (Wildman–Crippen MR) is 73.3 cm³/mol. The number of hydrogen-bond acceptors (Lipinski definition) is 6. The Hall–Kier alpha value is -1.14. The summed E-state index contributed by atoms with van der Waals surface area (Å²) in [5.41, 5.74) is 0. The van der Waals surface area contributed by atoms with Crippen LogP contribution in [0, 0.1) is 0 Å². The lowest BCUT2D eigenvalue weighted by Crippen LogP contribution is -2.45. The third-order valence-electron chi connectivity index (χ3n) is 3.45. The number of anilines is 1. The van der Waals surface area contributed by atoms with Crippen LogP contribution in [0.15, 0.2) is 4.42 Å². The minimum absolute atomic E-state index is 0.0994. The topological polar surface area (TPSA) is 63.4 Å². The summed E-state index contributed by atoms with van der Waals surface area (Å²) in [4.78, 5) is 2.16. The molecule has 1 aromatic rings. The highest BCUT2D eigenvalue weighted by Crippen LogP contribution is 2.22. The second kappa shape index (κ2) is 6.86. The van der Waals surface area contributed by atoms with Gasteiger partial charge < -0.3 is 19.4 Å². The van der Waals surface area contributed by atoms with Gasteiger partial charge in [0.05, 0.1) is 25.3 Å². The molecule has 1 N–H and O–H groups in total. The molecule has 0 radical (unpaired) electrons. The van der Waals surface area contributed by atoms with Crippen LogP contribution in [0.25, 0.3) is 0 Å². The quantitative estimate of drug-likeness (QED) is 0.848. The minimum atomic E-state index is 0.0994. The Labute approximate surface area is 114 Å². The summed E-state index contributed by atoms with van der Waals surface area (Å²) in [5, 5.41) is 11.7.